The third-order valence-electron chi connectivity index (χ3n) is 5.53. The van der Waals surface area contributed by atoms with E-state index in [4.69, 9.17) is 9.47 Å². The molecular formula is C22H36IN5O3. The Hall–Kier alpha value is -1.59. The molecule has 0 aliphatic carbocycles. The minimum absolute atomic E-state index is 0. The van der Waals surface area contributed by atoms with Crippen LogP contribution < -0.4 is 10.1 Å². The zero-order valence-electron chi connectivity index (χ0n) is 18.7. The van der Waals surface area contributed by atoms with Crippen molar-refractivity contribution in [3.8, 4) is 5.75 Å². The quantitative estimate of drug-likeness (QED) is 0.303. The number of guanidine groups is 1. The fourth-order valence-corrected chi connectivity index (χ4v) is 3.52. The van der Waals surface area contributed by atoms with Crippen LogP contribution in [0.25, 0.3) is 0 Å². The molecular weight excluding hydrogens is 509 g/mol. The molecule has 1 amide bonds. The van der Waals surface area contributed by atoms with Gasteiger partial charge < -0.3 is 24.6 Å². The molecule has 8 nitrogen and oxygen atoms in total. The Balaban J connectivity index is 0.00000341. The molecule has 31 heavy (non-hydrogen) atoms. The minimum atomic E-state index is 0. The molecule has 1 unspecified atom stereocenters. The molecule has 0 radical (unpaired) electrons. The lowest BCUT2D eigenvalue weighted by Crippen LogP contribution is -2.53. The van der Waals surface area contributed by atoms with Gasteiger partial charge in [0.05, 0.1) is 6.61 Å². The van der Waals surface area contributed by atoms with E-state index >= 15 is 0 Å². The Morgan fingerprint density at radius 1 is 1.23 bits per heavy atom. The first-order chi connectivity index (χ1) is 14.6. The molecule has 9 heteroatoms. The summed E-state index contributed by atoms with van der Waals surface area (Å²) in [4.78, 5) is 22.9. The molecule has 2 aliphatic heterocycles. The topological polar surface area (TPSA) is 69.6 Å². The number of halogens is 1. The van der Waals surface area contributed by atoms with Gasteiger partial charge in [0.25, 0.3) is 0 Å². The van der Waals surface area contributed by atoms with Crippen molar-refractivity contribution >= 4 is 35.8 Å². The number of hydrogen-bond acceptors (Lipinski definition) is 5. The number of rotatable bonds is 8. The molecule has 1 aromatic carbocycles. The van der Waals surface area contributed by atoms with E-state index < -0.39 is 0 Å². The summed E-state index contributed by atoms with van der Waals surface area (Å²) >= 11 is 0. The Kier molecular flexibility index (Phi) is 11.4. The number of ether oxygens (including phenoxy) is 2. The number of carbonyl (C=O) groups excluding carboxylic acids is 1. The van der Waals surface area contributed by atoms with Crippen LogP contribution in [0, 0.1) is 5.92 Å². The van der Waals surface area contributed by atoms with Crippen LogP contribution in [0.4, 0.5) is 0 Å². The highest BCUT2D eigenvalue weighted by molar-refractivity contribution is 14.0. The second-order valence-corrected chi connectivity index (χ2v) is 8.03. The second kappa shape index (κ2) is 13.7. The molecule has 0 saturated carbocycles. The molecule has 0 bridgehead atoms. The second-order valence-electron chi connectivity index (χ2n) is 8.03. The van der Waals surface area contributed by atoms with Crippen LogP contribution in [0.3, 0.4) is 0 Å². The van der Waals surface area contributed by atoms with E-state index in [9.17, 15) is 4.79 Å². The number of para-hydroxylation sites is 1. The monoisotopic (exact) mass is 545 g/mol. The summed E-state index contributed by atoms with van der Waals surface area (Å²) in [6.07, 6.45) is 1.08. The maximum Gasteiger partial charge on any atom is 0.243 e. The van der Waals surface area contributed by atoms with Crippen molar-refractivity contribution in [3.63, 3.8) is 0 Å². The predicted molar refractivity (Wildman–Crippen MR) is 133 cm³/mol. The SMILES string of the molecule is CN(C)C(=O)CN=C(NCC1CCOC1)N1CCN(CCOc2ccccc2)CC1.I. The molecule has 174 valence electrons. The van der Waals surface area contributed by atoms with Gasteiger partial charge in [0.1, 0.15) is 18.9 Å². The minimum Gasteiger partial charge on any atom is -0.492 e. The summed E-state index contributed by atoms with van der Waals surface area (Å²) in [7, 11) is 3.52. The first-order valence-corrected chi connectivity index (χ1v) is 10.8. The Morgan fingerprint density at radius 3 is 2.61 bits per heavy atom. The highest BCUT2D eigenvalue weighted by atomic mass is 127. The number of piperazine rings is 1. The molecule has 0 aromatic heterocycles. The van der Waals surface area contributed by atoms with Crippen LogP contribution in [0.5, 0.6) is 5.75 Å². The smallest absolute Gasteiger partial charge is 0.243 e. The summed E-state index contributed by atoms with van der Waals surface area (Å²) in [6.45, 7) is 7.89. The van der Waals surface area contributed by atoms with Gasteiger partial charge in [0, 0.05) is 65.9 Å². The van der Waals surface area contributed by atoms with Crippen molar-refractivity contribution in [1.29, 1.82) is 0 Å². The van der Waals surface area contributed by atoms with Crippen LogP contribution in [-0.4, -0.2) is 106 Å². The third-order valence-corrected chi connectivity index (χ3v) is 5.53. The number of amides is 1. The number of hydrogen-bond donors (Lipinski definition) is 1. The van der Waals surface area contributed by atoms with E-state index in [1.54, 1.807) is 19.0 Å². The van der Waals surface area contributed by atoms with E-state index in [-0.39, 0.29) is 36.4 Å². The lowest BCUT2D eigenvalue weighted by atomic mass is 10.1. The summed E-state index contributed by atoms with van der Waals surface area (Å²) < 4.78 is 11.3. The Morgan fingerprint density at radius 2 is 1.97 bits per heavy atom. The lowest BCUT2D eigenvalue weighted by molar-refractivity contribution is -0.127. The van der Waals surface area contributed by atoms with Gasteiger partial charge in [-0.15, -0.1) is 24.0 Å². The molecule has 2 heterocycles. The Labute approximate surface area is 203 Å². The largest absolute Gasteiger partial charge is 0.492 e. The fraction of sp³-hybridized carbons (Fsp3) is 0.636. The zero-order chi connectivity index (χ0) is 21.2. The molecule has 2 aliphatic rings. The zero-order valence-corrected chi connectivity index (χ0v) is 21.0. The fourth-order valence-electron chi connectivity index (χ4n) is 3.52. The summed E-state index contributed by atoms with van der Waals surface area (Å²) in [5, 5.41) is 3.49. The summed E-state index contributed by atoms with van der Waals surface area (Å²) in [5.74, 6) is 2.26. The van der Waals surface area contributed by atoms with Gasteiger partial charge in [-0.1, -0.05) is 18.2 Å². The van der Waals surface area contributed by atoms with Crippen molar-refractivity contribution in [2.45, 2.75) is 6.42 Å². The molecule has 1 aromatic rings. The average molecular weight is 545 g/mol. The van der Waals surface area contributed by atoms with Crippen molar-refractivity contribution in [1.82, 2.24) is 20.0 Å². The third kappa shape index (κ3) is 8.82. The van der Waals surface area contributed by atoms with Crippen LogP contribution in [0.2, 0.25) is 0 Å². The van der Waals surface area contributed by atoms with E-state index in [0.29, 0.717) is 12.5 Å². The maximum atomic E-state index is 12.0. The Bertz CT molecular complexity index is 675. The number of aliphatic imine (C=N–C) groups is 1. The van der Waals surface area contributed by atoms with Crippen LogP contribution in [-0.2, 0) is 9.53 Å². The van der Waals surface area contributed by atoms with E-state index in [2.05, 4.69) is 20.1 Å². The van der Waals surface area contributed by atoms with Gasteiger partial charge in [-0.25, -0.2) is 4.99 Å². The van der Waals surface area contributed by atoms with Gasteiger partial charge >= 0.3 is 0 Å². The number of benzene rings is 1. The van der Waals surface area contributed by atoms with Gasteiger partial charge in [-0.05, 0) is 18.6 Å². The van der Waals surface area contributed by atoms with E-state index in [1.165, 1.54) is 0 Å². The number of nitrogens with one attached hydrogen (secondary N) is 1. The highest BCUT2D eigenvalue weighted by Crippen LogP contribution is 2.12. The van der Waals surface area contributed by atoms with Gasteiger partial charge in [-0.3, -0.25) is 9.69 Å². The van der Waals surface area contributed by atoms with Crippen molar-refractivity contribution in [2.75, 3.05) is 79.7 Å². The lowest BCUT2D eigenvalue weighted by Gasteiger charge is -2.36. The molecule has 1 atom stereocenters. The maximum absolute atomic E-state index is 12.0. The van der Waals surface area contributed by atoms with Gasteiger partial charge in [0.2, 0.25) is 5.91 Å². The van der Waals surface area contributed by atoms with Crippen molar-refractivity contribution < 1.29 is 14.3 Å². The molecule has 3 rings (SSSR count). The van der Waals surface area contributed by atoms with Crippen molar-refractivity contribution in [2.24, 2.45) is 10.9 Å². The molecule has 0 spiro atoms. The van der Waals surface area contributed by atoms with E-state index in [1.807, 2.05) is 30.3 Å². The first kappa shape index (κ1) is 25.7. The standard InChI is InChI=1S/C22H35N5O3.HI/c1-25(2)21(28)17-24-22(23-16-19-8-14-29-18-19)27-11-9-26(10-12-27)13-15-30-20-6-4-3-5-7-20;/h3-7,19H,8-18H2,1-2H3,(H,23,24);1H. The summed E-state index contributed by atoms with van der Waals surface area (Å²) in [5.41, 5.74) is 0. The number of carbonyl (C=O) groups is 1. The molecule has 1 N–H and O–H groups in total. The normalized spacial score (nSPS) is 19.6. The summed E-state index contributed by atoms with van der Waals surface area (Å²) in [6, 6.07) is 9.93. The van der Waals surface area contributed by atoms with Crippen LogP contribution >= 0.6 is 24.0 Å². The van der Waals surface area contributed by atoms with Gasteiger partial charge in [0.15, 0.2) is 5.96 Å². The first-order valence-electron chi connectivity index (χ1n) is 10.8. The highest BCUT2D eigenvalue weighted by Gasteiger charge is 2.22. The average Bonchev–Trinajstić information content (AvgIpc) is 3.28. The van der Waals surface area contributed by atoms with Crippen LogP contribution in [0.1, 0.15) is 6.42 Å². The number of nitrogens with zero attached hydrogens (tertiary/aromatic N) is 4. The molecule has 2 saturated heterocycles. The van der Waals surface area contributed by atoms with Crippen molar-refractivity contribution in [3.05, 3.63) is 30.3 Å². The van der Waals surface area contributed by atoms with Gasteiger partial charge in [-0.2, -0.15) is 0 Å². The van der Waals surface area contributed by atoms with Crippen LogP contribution in [0.15, 0.2) is 35.3 Å². The van der Waals surface area contributed by atoms with E-state index in [0.717, 1.165) is 70.6 Å². The number of likely N-dealkylation sites (N-methyl/N-ethyl adjacent to an activating group) is 1. The predicted octanol–water partition coefficient (Wildman–Crippen LogP) is 1.37. The molecule has 2 fully saturated rings.